The molecule has 0 fully saturated rings. The Hall–Kier alpha value is -2.26. The Balaban J connectivity index is 2.21. The minimum atomic E-state index is -4.35. The monoisotopic (exact) mass is 390 g/mol. The van der Waals surface area contributed by atoms with Gasteiger partial charge >= 0.3 is 6.18 Å². The van der Waals surface area contributed by atoms with E-state index in [1.807, 2.05) is 0 Å². The van der Waals surface area contributed by atoms with Crippen LogP contribution in [0.25, 0.3) is 0 Å². The Kier molecular flexibility index (Phi) is 5.91. The first kappa shape index (κ1) is 19.1. The Morgan fingerprint density at radius 2 is 1.92 bits per heavy atom. The number of para-hydroxylation sites is 1. The standard InChI is InChI=1S/C15H10ClF3N2O3S/c16-10-6-5-9(7-12(10)21(23)24)14(22)20-11-3-1-2-4-13(11)25-8-15(17,18)19/h1-7H,8H2,(H,20,22). The van der Waals surface area contributed by atoms with Crippen molar-refractivity contribution < 1.29 is 22.9 Å². The second-order valence-corrected chi connectivity index (χ2v) is 6.20. The number of nitro benzene ring substituents is 1. The van der Waals surface area contributed by atoms with Gasteiger partial charge in [0.2, 0.25) is 0 Å². The Morgan fingerprint density at radius 1 is 1.24 bits per heavy atom. The number of hydrogen-bond acceptors (Lipinski definition) is 4. The Labute approximate surface area is 149 Å². The fourth-order valence-electron chi connectivity index (χ4n) is 1.84. The molecule has 0 aliphatic rings. The molecule has 10 heteroatoms. The lowest BCUT2D eigenvalue weighted by Crippen LogP contribution is -2.14. The van der Waals surface area contributed by atoms with Gasteiger partial charge in [-0.3, -0.25) is 14.9 Å². The summed E-state index contributed by atoms with van der Waals surface area (Å²) < 4.78 is 37.1. The largest absolute Gasteiger partial charge is 0.398 e. The molecule has 5 nitrogen and oxygen atoms in total. The number of amides is 1. The van der Waals surface area contributed by atoms with E-state index < -0.39 is 28.4 Å². The van der Waals surface area contributed by atoms with Crippen molar-refractivity contribution in [2.24, 2.45) is 0 Å². The van der Waals surface area contributed by atoms with Gasteiger partial charge in [-0.15, -0.1) is 11.8 Å². The van der Waals surface area contributed by atoms with E-state index in [2.05, 4.69) is 5.32 Å². The maximum atomic E-state index is 12.4. The summed E-state index contributed by atoms with van der Waals surface area (Å²) in [5.41, 5.74) is -0.292. The van der Waals surface area contributed by atoms with Gasteiger partial charge in [0.05, 0.1) is 16.4 Å². The van der Waals surface area contributed by atoms with Crippen LogP contribution in [0.2, 0.25) is 5.02 Å². The van der Waals surface area contributed by atoms with Crippen molar-refractivity contribution in [1.82, 2.24) is 0 Å². The third kappa shape index (κ3) is 5.36. The maximum absolute atomic E-state index is 12.4. The van der Waals surface area contributed by atoms with E-state index in [4.69, 9.17) is 11.6 Å². The van der Waals surface area contributed by atoms with Crippen LogP contribution < -0.4 is 5.32 Å². The fraction of sp³-hybridized carbons (Fsp3) is 0.133. The van der Waals surface area contributed by atoms with E-state index in [9.17, 15) is 28.1 Å². The lowest BCUT2D eigenvalue weighted by atomic mass is 10.2. The molecule has 0 spiro atoms. The highest BCUT2D eigenvalue weighted by Crippen LogP contribution is 2.32. The van der Waals surface area contributed by atoms with Crippen LogP contribution in [-0.4, -0.2) is 22.8 Å². The lowest BCUT2D eigenvalue weighted by Gasteiger charge is -2.12. The summed E-state index contributed by atoms with van der Waals surface area (Å²) in [6, 6.07) is 9.48. The Bertz CT molecular complexity index is 815. The van der Waals surface area contributed by atoms with Crippen molar-refractivity contribution in [3.63, 3.8) is 0 Å². The van der Waals surface area contributed by atoms with Crippen LogP contribution in [0.15, 0.2) is 47.4 Å². The average molecular weight is 391 g/mol. The van der Waals surface area contributed by atoms with Crippen LogP contribution in [0.4, 0.5) is 24.5 Å². The molecule has 2 rings (SSSR count). The van der Waals surface area contributed by atoms with Crippen molar-refractivity contribution in [2.75, 3.05) is 11.1 Å². The molecule has 0 saturated carbocycles. The van der Waals surface area contributed by atoms with Crippen molar-refractivity contribution in [1.29, 1.82) is 0 Å². The molecule has 1 N–H and O–H groups in total. The van der Waals surface area contributed by atoms with Gasteiger partial charge in [-0.25, -0.2) is 0 Å². The number of rotatable bonds is 5. The van der Waals surface area contributed by atoms with E-state index in [0.29, 0.717) is 11.8 Å². The quantitative estimate of drug-likeness (QED) is 0.435. The number of alkyl halides is 3. The number of thioether (sulfide) groups is 1. The summed E-state index contributed by atoms with van der Waals surface area (Å²) in [4.78, 5) is 22.6. The molecule has 0 radical (unpaired) electrons. The first-order chi connectivity index (χ1) is 11.7. The normalized spacial score (nSPS) is 11.2. The molecular weight excluding hydrogens is 381 g/mol. The molecule has 0 heterocycles. The minimum Gasteiger partial charge on any atom is -0.321 e. The zero-order valence-electron chi connectivity index (χ0n) is 12.3. The highest BCUT2D eigenvalue weighted by atomic mass is 35.5. The number of nitrogens with one attached hydrogen (secondary N) is 1. The highest BCUT2D eigenvalue weighted by Gasteiger charge is 2.27. The molecule has 2 aromatic carbocycles. The second-order valence-electron chi connectivity index (χ2n) is 4.78. The lowest BCUT2D eigenvalue weighted by molar-refractivity contribution is -0.384. The van der Waals surface area contributed by atoms with Crippen LogP contribution >= 0.6 is 23.4 Å². The first-order valence-corrected chi connectivity index (χ1v) is 8.07. The summed E-state index contributed by atoms with van der Waals surface area (Å²) in [6.07, 6.45) is -4.35. The van der Waals surface area contributed by atoms with Crippen LogP contribution in [0.5, 0.6) is 0 Å². The van der Waals surface area contributed by atoms with Crippen molar-refractivity contribution in [3.05, 3.63) is 63.2 Å². The van der Waals surface area contributed by atoms with E-state index in [0.717, 1.165) is 6.07 Å². The zero-order valence-corrected chi connectivity index (χ0v) is 13.9. The molecule has 0 aliphatic heterocycles. The van der Waals surface area contributed by atoms with E-state index in [-0.39, 0.29) is 21.2 Å². The smallest absolute Gasteiger partial charge is 0.321 e. The van der Waals surface area contributed by atoms with Crippen molar-refractivity contribution in [3.8, 4) is 0 Å². The summed E-state index contributed by atoms with van der Waals surface area (Å²) in [5.74, 6) is -1.80. The van der Waals surface area contributed by atoms with Gasteiger partial charge in [-0.05, 0) is 24.3 Å². The van der Waals surface area contributed by atoms with Crippen molar-refractivity contribution >= 4 is 40.6 Å². The summed E-state index contributed by atoms with van der Waals surface area (Å²) >= 11 is 6.21. The summed E-state index contributed by atoms with van der Waals surface area (Å²) in [5, 5.41) is 13.2. The van der Waals surface area contributed by atoms with Crippen molar-refractivity contribution in [2.45, 2.75) is 11.1 Å². The molecular formula is C15H10ClF3N2O3S. The maximum Gasteiger partial charge on any atom is 0.398 e. The van der Waals surface area contributed by atoms with Gasteiger partial charge in [-0.2, -0.15) is 13.2 Å². The first-order valence-electron chi connectivity index (χ1n) is 6.71. The number of carbonyl (C=O) groups excluding carboxylic acids is 1. The van der Waals surface area contributed by atoms with Gasteiger partial charge in [0.1, 0.15) is 5.02 Å². The number of anilines is 1. The topological polar surface area (TPSA) is 72.2 Å². The van der Waals surface area contributed by atoms with E-state index in [1.54, 1.807) is 12.1 Å². The number of halogens is 4. The van der Waals surface area contributed by atoms with Crippen LogP contribution in [0.1, 0.15) is 10.4 Å². The molecule has 2 aromatic rings. The molecule has 25 heavy (non-hydrogen) atoms. The number of benzene rings is 2. The zero-order chi connectivity index (χ0) is 18.6. The van der Waals surface area contributed by atoms with E-state index >= 15 is 0 Å². The average Bonchev–Trinajstić information content (AvgIpc) is 2.53. The Morgan fingerprint density at radius 3 is 2.56 bits per heavy atom. The number of hydrogen-bond donors (Lipinski definition) is 1. The molecule has 0 aliphatic carbocycles. The molecule has 0 unspecified atom stereocenters. The number of carbonyl (C=O) groups is 1. The summed E-state index contributed by atoms with van der Waals surface area (Å²) in [7, 11) is 0. The third-order valence-electron chi connectivity index (χ3n) is 2.93. The van der Waals surface area contributed by atoms with Gasteiger partial charge in [0, 0.05) is 16.5 Å². The molecule has 0 aromatic heterocycles. The van der Waals surface area contributed by atoms with E-state index in [1.165, 1.54) is 24.3 Å². The highest BCUT2D eigenvalue weighted by molar-refractivity contribution is 7.99. The number of nitro groups is 1. The fourth-order valence-corrected chi connectivity index (χ4v) is 2.80. The third-order valence-corrected chi connectivity index (χ3v) is 4.39. The number of nitrogens with zero attached hydrogens (tertiary/aromatic N) is 1. The SMILES string of the molecule is O=C(Nc1ccccc1SCC(F)(F)F)c1ccc(Cl)c([N+](=O)[O-])c1. The predicted octanol–water partition coefficient (Wildman–Crippen LogP) is 5.15. The summed E-state index contributed by atoms with van der Waals surface area (Å²) in [6.45, 7) is 0. The van der Waals surface area contributed by atoms with Gasteiger partial charge in [-0.1, -0.05) is 23.7 Å². The van der Waals surface area contributed by atoms with Crippen LogP contribution in [0.3, 0.4) is 0 Å². The van der Waals surface area contributed by atoms with Crippen LogP contribution in [0, 0.1) is 10.1 Å². The molecule has 0 saturated heterocycles. The van der Waals surface area contributed by atoms with Gasteiger partial charge < -0.3 is 5.32 Å². The predicted molar refractivity (Wildman–Crippen MR) is 89.3 cm³/mol. The van der Waals surface area contributed by atoms with Gasteiger partial charge in [0.25, 0.3) is 11.6 Å². The molecule has 0 atom stereocenters. The molecule has 132 valence electrons. The molecule has 0 bridgehead atoms. The second kappa shape index (κ2) is 7.75. The van der Waals surface area contributed by atoms with Crippen LogP contribution in [-0.2, 0) is 0 Å². The molecule has 1 amide bonds. The van der Waals surface area contributed by atoms with Gasteiger partial charge in [0.15, 0.2) is 0 Å². The minimum absolute atomic E-state index is 0.0354.